The molecular formula is C27H21FN2O3. The largest absolute Gasteiger partial charge is 0.506 e. The first-order chi connectivity index (χ1) is 16.0. The molecule has 0 spiro atoms. The summed E-state index contributed by atoms with van der Waals surface area (Å²) in [4.78, 5) is 25.0. The van der Waals surface area contributed by atoms with Crippen LogP contribution in [0.4, 0.5) is 15.8 Å². The number of anilines is 2. The number of phenols is 1. The number of carbonyl (C=O) groups is 2. The maximum atomic E-state index is 13.3. The van der Waals surface area contributed by atoms with Gasteiger partial charge in [0.1, 0.15) is 11.6 Å². The van der Waals surface area contributed by atoms with E-state index in [9.17, 15) is 19.1 Å². The first-order valence-electron chi connectivity index (χ1n) is 10.3. The second-order valence-electron chi connectivity index (χ2n) is 7.48. The minimum atomic E-state index is -0.426. The molecule has 2 amide bonds. The van der Waals surface area contributed by atoms with Crippen LogP contribution >= 0.6 is 0 Å². The molecule has 6 heteroatoms. The molecular weight excluding hydrogens is 419 g/mol. The molecule has 0 aromatic heterocycles. The van der Waals surface area contributed by atoms with Gasteiger partial charge in [0.15, 0.2) is 0 Å². The fourth-order valence-electron chi connectivity index (χ4n) is 3.39. The van der Waals surface area contributed by atoms with E-state index in [0.717, 1.165) is 11.1 Å². The summed E-state index contributed by atoms with van der Waals surface area (Å²) in [6, 6.07) is 27.2. The zero-order valence-corrected chi connectivity index (χ0v) is 17.6. The van der Waals surface area contributed by atoms with E-state index in [4.69, 9.17) is 0 Å². The molecule has 4 aromatic rings. The Bertz CT molecular complexity index is 1290. The Hall–Kier alpha value is -4.45. The number of halogens is 1. The second-order valence-corrected chi connectivity index (χ2v) is 7.48. The minimum absolute atomic E-state index is 0.0540. The molecule has 0 unspecified atom stereocenters. The van der Waals surface area contributed by atoms with Crippen molar-refractivity contribution in [2.75, 3.05) is 10.6 Å². The van der Waals surface area contributed by atoms with Gasteiger partial charge in [-0.05, 0) is 59.2 Å². The lowest BCUT2D eigenvalue weighted by Crippen LogP contribution is -2.15. The average molecular weight is 440 g/mol. The third-order valence-electron chi connectivity index (χ3n) is 5.04. The van der Waals surface area contributed by atoms with Gasteiger partial charge >= 0.3 is 0 Å². The standard InChI is InChI=1S/C27H21FN2O3/c28-22-8-4-5-18(15-22)16-26(32)30-24-17-23(13-14-25(24)31)29-27(33)21-11-9-20(10-12-21)19-6-2-1-3-7-19/h1-15,17,31H,16H2,(H,29,33)(H,30,32). The number of hydrogen-bond acceptors (Lipinski definition) is 3. The van der Waals surface area contributed by atoms with Gasteiger partial charge in [0.2, 0.25) is 5.91 Å². The Labute approximate surface area is 190 Å². The number of rotatable bonds is 6. The maximum Gasteiger partial charge on any atom is 0.255 e. The van der Waals surface area contributed by atoms with Crippen molar-refractivity contribution >= 4 is 23.2 Å². The molecule has 0 saturated heterocycles. The predicted molar refractivity (Wildman–Crippen MR) is 127 cm³/mol. The van der Waals surface area contributed by atoms with Gasteiger partial charge in [0, 0.05) is 11.3 Å². The fraction of sp³-hybridized carbons (Fsp3) is 0.0370. The molecule has 0 saturated carbocycles. The van der Waals surface area contributed by atoms with Crippen LogP contribution in [0.15, 0.2) is 97.1 Å². The van der Waals surface area contributed by atoms with Crippen LogP contribution in [-0.4, -0.2) is 16.9 Å². The highest BCUT2D eigenvalue weighted by molar-refractivity contribution is 6.05. The summed E-state index contributed by atoms with van der Waals surface area (Å²) < 4.78 is 13.3. The molecule has 33 heavy (non-hydrogen) atoms. The third-order valence-corrected chi connectivity index (χ3v) is 5.04. The predicted octanol–water partition coefficient (Wildman–Crippen LogP) is 5.63. The molecule has 164 valence electrons. The molecule has 0 bridgehead atoms. The Kier molecular flexibility index (Phi) is 6.45. The van der Waals surface area contributed by atoms with Crippen molar-refractivity contribution in [1.29, 1.82) is 0 Å². The van der Waals surface area contributed by atoms with E-state index in [1.165, 1.54) is 36.4 Å². The van der Waals surface area contributed by atoms with Crippen molar-refractivity contribution < 1.29 is 19.1 Å². The van der Waals surface area contributed by atoms with E-state index in [-0.39, 0.29) is 23.8 Å². The van der Waals surface area contributed by atoms with E-state index >= 15 is 0 Å². The van der Waals surface area contributed by atoms with Crippen molar-refractivity contribution in [1.82, 2.24) is 0 Å². The van der Waals surface area contributed by atoms with Crippen LogP contribution in [0.1, 0.15) is 15.9 Å². The Morgan fingerprint density at radius 3 is 2.21 bits per heavy atom. The lowest BCUT2D eigenvalue weighted by atomic mass is 10.0. The van der Waals surface area contributed by atoms with E-state index in [2.05, 4.69) is 10.6 Å². The average Bonchev–Trinajstić information content (AvgIpc) is 2.82. The topological polar surface area (TPSA) is 78.4 Å². The molecule has 0 aliphatic rings. The van der Waals surface area contributed by atoms with E-state index in [0.29, 0.717) is 16.8 Å². The molecule has 0 atom stereocenters. The number of benzene rings is 4. The van der Waals surface area contributed by atoms with E-state index in [1.54, 1.807) is 18.2 Å². The van der Waals surface area contributed by atoms with Gasteiger partial charge in [0.05, 0.1) is 12.1 Å². The van der Waals surface area contributed by atoms with Crippen molar-refractivity contribution in [3.05, 3.63) is 114 Å². The summed E-state index contributed by atoms with van der Waals surface area (Å²) in [6.45, 7) is 0. The summed E-state index contributed by atoms with van der Waals surface area (Å²) in [7, 11) is 0. The van der Waals surface area contributed by atoms with Gasteiger partial charge in [-0.2, -0.15) is 0 Å². The smallest absolute Gasteiger partial charge is 0.255 e. The molecule has 4 rings (SSSR count). The highest BCUT2D eigenvalue weighted by atomic mass is 19.1. The van der Waals surface area contributed by atoms with Crippen LogP contribution in [0.2, 0.25) is 0 Å². The van der Waals surface area contributed by atoms with Gasteiger partial charge in [-0.15, -0.1) is 0 Å². The van der Waals surface area contributed by atoms with E-state index < -0.39 is 11.7 Å². The molecule has 4 aromatic carbocycles. The Balaban J connectivity index is 1.43. The molecule has 5 nitrogen and oxygen atoms in total. The second kappa shape index (κ2) is 9.78. The zero-order chi connectivity index (χ0) is 23.2. The van der Waals surface area contributed by atoms with Crippen molar-refractivity contribution in [2.24, 2.45) is 0 Å². The quantitative estimate of drug-likeness (QED) is 0.269. The van der Waals surface area contributed by atoms with Crippen LogP contribution in [0.25, 0.3) is 11.1 Å². The Morgan fingerprint density at radius 2 is 1.48 bits per heavy atom. The lowest BCUT2D eigenvalue weighted by molar-refractivity contribution is -0.115. The molecule has 0 radical (unpaired) electrons. The monoisotopic (exact) mass is 440 g/mol. The summed E-state index contributed by atoms with van der Waals surface area (Å²) in [5, 5.41) is 15.5. The van der Waals surface area contributed by atoms with E-state index in [1.807, 2.05) is 42.5 Å². The lowest BCUT2D eigenvalue weighted by Gasteiger charge is -2.11. The summed E-state index contributed by atoms with van der Waals surface area (Å²) in [5.41, 5.74) is 3.59. The third kappa shape index (κ3) is 5.62. The summed E-state index contributed by atoms with van der Waals surface area (Å²) in [5.74, 6) is -1.31. The molecule has 3 N–H and O–H groups in total. The zero-order valence-electron chi connectivity index (χ0n) is 17.6. The van der Waals surface area contributed by atoms with Crippen molar-refractivity contribution in [3.63, 3.8) is 0 Å². The van der Waals surface area contributed by atoms with Gasteiger partial charge in [-0.3, -0.25) is 9.59 Å². The highest BCUT2D eigenvalue weighted by Crippen LogP contribution is 2.27. The normalized spacial score (nSPS) is 10.5. The Morgan fingerprint density at radius 1 is 0.758 bits per heavy atom. The number of hydrogen-bond donors (Lipinski definition) is 3. The van der Waals surface area contributed by atoms with Crippen LogP contribution in [0.5, 0.6) is 5.75 Å². The van der Waals surface area contributed by atoms with Crippen molar-refractivity contribution in [3.8, 4) is 16.9 Å². The SMILES string of the molecule is O=C(Cc1cccc(F)c1)Nc1cc(NC(=O)c2ccc(-c3ccccc3)cc2)ccc1O. The van der Waals surface area contributed by atoms with Gasteiger partial charge in [0.25, 0.3) is 5.91 Å². The molecule has 0 aliphatic heterocycles. The maximum absolute atomic E-state index is 13.3. The summed E-state index contributed by atoms with van der Waals surface area (Å²) in [6.07, 6.45) is -0.0540. The number of carbonyl (C=O) groups excluding carboxylic acids is 2. The molecule has 0 aliphatic carbocycles. The number of nitrogens with one attached hydrogen (secondary N) is 2. The summed E-state index contributed by atoms with van der Waals surface area (Å²) >= 11 is 0. The minimum Gasteiger partial charge on any atom is -0.506 e. The van der Waals surface area contributed by atoms with Crippen LogP contribution in [-0.2, 0) is 11.2 Å². The number of aromatic hydroxyl groups is 1. The van der Waals surface area contributed by atoms with Gasteiger partial charge in [-0.1, -0.05) is 54.6 Å². The van der Waals surface area contributed by atoms with Gasteiger partial charge in [-0.25, -0.2) is 4.39 Å². The fourth-order valence-corrected chi connectivity index (χ4v) is 3.39. The number of amides is 2. The molecule has 0 fully saturated rings. The van der Waals surface area contributed by atoms with Crippen LogP contribution < -0.4 is 10.6 Å². The van der Waals surface area contributed by atoms with Gasteiger partial charge < -0.3 is 15.7 Å². The van der Waals surface area contributed by atoms with Crippen LogP contribution in [0, 0.1) is 5.82 Å². The van der Waals surface area contributed by atoms with Crippen LogP contribution in [0.3, 0.4) is 0 Å². The van der Waals surface area contributed by atoms with Crippen molar-refractivity contribution in [2.45, 2.75) is 6.42 Å². The first-order valence-corrected chi connectivity index (χ1v) is 10.3. The highest BCUT2D eigenvalue weighted by Gasteiger charge is 2.12. The number of phenolic OH excluding ortho intramolecular Hbond substituents is 1. The first kappa shape index (κ1) is 21.8. The molecule has 0 heterocycles.